The maximum Gasteiger partial charge on any atom is 0.274 e. The van der Waals surface area contributed by atoms with E-state index in [0.29, 0.717) is 4.88 Å². The third-order valence-corrected chi connectivity index (χ3v) is 6.25. The lowest BCUT2D eigenvalue weighted by atomic mass is 10.2. The highest BCUT2D eigenvalue weighted by atomic mass is 32.1. The number of hydrogen-bond donors (Lipinski definition) is 2. The topological polar surface area (TPSA) is 88.9 Å². The number of aryl methyl sites for hydroxylation is 1. The van der Waals surface area contributed by atoms with E-state index >= 15 is 0 Å². The van der Waals surface area contributed by atoms with Gasteiger partial charge in [-0.2, -0.15) is 5.10 Å². The van der Waals surface area contributed by atoms with Crippen molar-refractivity contribution in [3.63, 3.8) is 0 Å². The molecular formula is C25H18FN5O2S. The summed E-state index contributed by atoms with van der Waals surface area (Å²) in [5, 5.41) is 10.8. The highest BCUT2D eigenvalue weighted by Crippen LogP contribution is 2.32. The molecule has 0 fully saturated rings. The second kappa shape index (κ2) is 8.87. The molecule has 3 heterocycles. The lowest BCUT2D eigenvalue weighted by Gasteiger charge is -2.12. The van der Waals surface area contributed by atoms with Crippen LogP contribution >= 0.6 is 11.3 Å². The average molecular weight is 472 g/mol. The summed E-state index contributed by atoms with van der Waals surface area (Å²) in [7, 11) is 0. The Morgan fingerprint density at radius 1 is 0.912 bits per heavy atom. The predicted octanol–water partition coefficient (Wildman–Crippen LogP) is 5.43. The van der Waals surface area contributed by atoms with Crippen molar-refractivity contribution in [3.8, 4) is 5.69 Å². The first kappa shape index (κ1) is 21.5. The van der Waals surface area contributed by atoms with E-state index in [1.165, 1.54) is 29.7 Å². The minimum Gasteiger partial charge on any atom is -0.319 e. The number of aromatic nitrogens is 3. The molecule has 0 saturated carbocycles. The number of para-hydroxylation sites is 1. The van der Waals surface area contributed by atoms with E-state index in [1.54, 1.807) is 28.9 Å². The summed E-state index contributed by atoms with van der Waals surface area (Å²) in [6.07, 6.45) is 1.50. The molecule has 2 aromatic carbocycles. The van der Waals surface area contributed by atoms with Gasteiger partial charge in [-0.1, -0.05) is 24.3 Å². The Balaban J connectivity index is 1.43. The standard InChI is InChI=1S/C25H18FN5O2S/c1-15-18-14-22(34-25(18)31(30-15)17-7-3-2-4-8-17)24(33)29-21-13-16(26)10-11-19(21)28-23(32)20-9-5-6-12-27-20/h2-14H,1H3,(H,28,32)(H,29,33). The molecule has 34 heavy (non-hydrogen) atoms. The molecular weight excluding hydrogens is 453 g/mol. The molecule has 0 unspecified atom stereocenters. The Labute approximate surface area is 197 Å². The van der Waals surface area contributed by atoms with Crippen molar-refractivity contribution in [2.24, 2.45) is 0 Å². The molecule has 0 aliphatic heterocycles. The zero-order valence-electron chi connectivity index (χ0n) is 17.9. The molecule has 168 valence electrons. The summed E-state index contributed by atoms with van der Waals surface area (Å²) in [6.45, 7) is 1.88. The first-order valence-corrected chi connectivity index (χ1v) is 11.2. The first-order chi connectivity index (χ1) is 16.5. The number of carbonyl (C=O) groups excluding carboxylic acids is 2. The van der Waals surface area contributed by atoms with Gasteiger partial charge in [-0.3, -0.25) is 14.6 Å². The van der Waals surface area contributed by atoms with Gasteiger partial charge in [0.25, 0.3) is 11.8 Å². The highest BCUT2D eigenvalue weighted by molar-refractivity contribution is 7.20. The number of amides is 2. The van der Waals surface area contributed by atoms with E-state index in [4.69, 9.17) is 0 Å². The van der Waals surface area contributed by atoms with Crippen LogP contribution in [0.15, 0.2) is 79.0 Å². The number of pyridine rings is 1. The molecule has 2 N–H and O–H groups in total. The number of anilines is 2. The van der Waals surface area contributed by atoms with Crippen LogP contribution < -0.4 is 10.6 Å². The van der Waals surface area contributed by atoms with Gasteiger partial charge in [-0.25, -0.2) is 9.07 Å². The van der Waals surface area contributed by atoms with E-state index in [1.807, 2.05) is 37.3 Å². The van der Waals surface area contributed by atoms with Crippen LogP contribution in [0.2, 0.25) is 0 Å². The molecule has 0 bridgehead atoms. The minimum absolute atomic E-state index is 0.146. The van der Waals surface area contributed by atoms with Crippen LogP contribution in [-0.4, -0.2) is 26.6 Å². The SMILES string of the molecule is Cc1nn(-c2ccccc2)c2sc(C(=O)Nc3cc(F)ccc3NC(=O)c3ccccn3)cc12. The van der Waals surface area contributed by atoms with Gasteiger partial charge in [0, 0.05) is 11.6 Å². The van der Waals surface area contributed by atoms with E-state index in [0.717, 1.165) is 27.7 Å². The quantitative estimate of drug-likeness (QED) is 0.358. The van der Waals surface area contributed by atoms with Crippen molar-refractivity contribution in [1.82, 2.24) is 14.8 Å². The second-order valence-corrected chi connectivity index (χ2v) is 8.51. The number of nitrogens with zero attached hydrogens (tertiary/aromatic N) is 3. The van der Waals surface area contributed by atoms with Crippen molar-refractivity contribution in [1.29, 1.82) is 0 Å². The van der Waals surface area contributed by atoms with E-state index in [9.17, 15) is 14.0 Å². The molecule has 5 rings (SSSR count). The molecule has 7 nitrogen and oxygen atoms in total. The summed E-state index contributed by atoms with van der Waals surface area (Å²) < 4.78 is 15.8. The van der Waals surface area contributed by atoms with E-state index < -0.39 is 17.6 Å². The maximum absolute atomic E-state index is 14.0. The van der Waals surface area contributed by atoms with Gasteiger partial charge in [0.15, 0.2) is 0 Å². The average Bonchev–Trinajstić information content (AvgIpc) is 3.42. The van der Waals surface area contributed by atoms with E-state index in [2.05, 4.69) is 20.7 Å². The fourth-order valence-corrected chi connectivity index (χ4v) is 4.58. The molecule has 0 radical (unpaired) electrons. The zero-order valence-corrected chi connectivity index (χ0v) is 18.8. The third kappa shape index (κ3) is 4.16. The summed E-state index contributed by atoms with van der Waals surface area (Å²) in [5.74, 6) is -1.43. The van der Waals surface area contributed by atoms with Crippen molar-refractivity contribution in [2.45, 2.75) is 6.92 Å². The van der Waals surface area contributed by atoms with Crippen LogP contribution in [0.4, 0.5) is 15.8 Å². The summed E-state index contributed by atoms with van der Waals surface area (Å²) in [5.41, 5.74) is 2.29. The lowest BCUT2D eigenvalue weighted by molar-refractivity contribution is 0.101. The summed E-state index contributed by atoms with van der Waals surface area (Å²) in [6, 6.07) is 20.1. The third-order valence-electron chi connectivity index (χ3n) is 5.14. The second-order valence-electron chi connectivity index (χ2n) is 7.48. The van der Waals surface area contributed by atoms with Crippen LogP contribution in [0.3, 0.4) is 0 Å². The van der Waals surface area contributed by atoms with Gasteiger partial charge in [0.1, 0.15) is 16.3 Å². The van der Waals surface area contributed by atoms with Gasteiger partial charge in [0.05, 0.1) is 27.6 Å². The molecule has 0 aliphatic carbocycles. The van der Waals surface area contributed by atoms with Gasteiger partial charge < -0.3 is 10.6 Å². The molecule has 0 atom stereocenters. The molecule has 3 aromatic heterocycles. The van der Waals surface area contributed by atoms with Gasteiger partial charge in [0.2, 0.25) is 0 Å². The number of thiophene rings is 1. The van der Waals surface area contributed by atoms with Crippen LogP contribution in [-0.2, 0) is 0 Å². The molecule has 0 spiro atoms. The van der Waals surface area contributed by atoms with Gasteiger partial charge >= 0.3 is 0 Å². The molecule has 9 heteroatoms. The van der Waals surface area contributed by atoms with Crippen LogP contribution in [0.1, 0.15) is 25.9 Å². The number of carbonyl (C=O) groups is 2. The van der Waals surface area contributed by atoms with Crippen molar-refractivity contribution < 1.29 is 14.0 Å². The smallest absolute Gasteiger partial charge is 0.274 e. The Bertz CT molecular complexity index is 1510. The number of halogens is 1. The first-order valence-electron chi connectivity index (χ1n) is 10.4. The van der Waals surface area contributed by atoms with Gasteiger partial charge in [-0.15, -0.1) is 11.3 Å². The predicted molar refractivity (Wildman–Crippen MR) is 130 cm³/mol. The lowest BCUT2D eigenvalue weighted by Crippen LogP contribution is -2.17. The van der Waals surface area contributed by atoms with E-state index in [-0.39, 0.29) is 17.1 Å². The van der Waals surface area contributed by atoms with Crippen molar-refractivity contribution in [3.05, 3.63) is 101 Å². The Kier molecular flexibility index (Phi) is 5.60. The van der Waals surface area contributed by atoms with Crippen molar-refractivity contribution >= 4 is 44.7 Å². The molecule has 5 aromatic rings. The Morgan fingerprint density at radius 3 is 2.44 bits per heavy atom. The monoisotopic (exact) mass is 471 g/mol. The van der Waals surface area contributed by atoms with Crippen LogP contribution in [0.5, 0.6) is 0 Å². The molecule has 2 amide bonds. The number of rotatable bonds is 5. The van der Waals surface area contributed by atoms with Crippen LogP contribution in [0.25, 0.3) is 15.9 Å². The summed E-state index contributed by atoms with van der Waals surface area (Å²) in [4.78, 5) is 30.9. The normalized spacial score (nSPS) is 10.9. The number of nitrogens with one attached hydrogen (secondary N) is 2. The Morgan fingerprint density at radius 2 is 1.68 bits per heavy atom. The van der Waals surface area contributed by atoms with Gasteiger partial charge in [-0.05, 0) is 55.5 Å². The highest BCUT2D eigenvalue weighted by Gasteiger charge is 2.19. The summed E-state index contributed by atoms with van der Waals surface area (Å²) >= 11 is 1.29. The molecule has 0 saturated heterocycles. The Hall–Kier alpha value is -4.37. The fourth-order valence-electron chi connectivity index (χ4n) is 3.50. The fraction of sp³-hybridized carbons (Fsp3) is 0.0400. The minimum atomic E-state index is -0.543. The largest absolute Gasteiger partial charge is 0.319 e. The van der Waals surface area contributed by atoms with Crippen molar-refractivity contribution in [2.75, 3.05) is 10.6 Å². The number of fused-ring (bicyclic) bond motifs is 1. The zero-order chi connectivity index (χ0) is 23.7. The van der Waals surface area contributed by atoms with Crippen LogP contribution in [0, 0.1) is 12.7 Å². The maximum atomic E-state index is 14.0. The molecule has 0 aliphatic rings. The number of hydrogen-bond acceptors (Lipinski definition) is 5. The number of benzene rings is 2.